The lowest BCUT2D eigenvalue weighted by atomic mass is 9.95. The van der Waals surface area contributed by atoms with E-state index in [0.717, 1.165) is 0 Å². The van der Waals surface area contributed by atoms with Gasteiger partial charge in [-0.3, -0.25) is 0 Å². The third-order valence-corrected chi connectivity index (χ3v) is 14.0. The largest absolute Gasteiger partial charge is 0.394 e. The first-order valence-corrected chi connectivity index (χ1v) is 24.5. The minimum Gasteiger partial charge on any atom is -0.394 e. The molecule has 6 saturated heterocycles. The maximum atomic E-state index is 11.3. The van der Waals surface area contributed by atoms with Crippen LogP contribution in [0, 0.1) is 0 Å². The van der Waals surface area contributed by atoms with E-state index < -0.39 is 255 Å². The predicted octanol–water partition coefficient (Wildman–Crippen LogP) is -15.6. The summed E-state index contributed by atoms with van der Waals surface area (Å²) in [4.78, 5) is 0. The maximum Gasteiger partial charge on any atom is 0.187 e. The topological polar surface area (TPSA) is 576 Å². The van der Waals surface area contributed by atoms with Gasteiger partial charge in [0, 0.05) is 6.42 Å². The Morgan fingerprint density at radius 2 is 0.597 bits per heavy atom. The van der Waals surface area contributed by atoms with Crippen molar-refractivity contribution in [3.05, 3.63) is 0 Å². The molecule has 0 unspecified atom stereocenters. The van der Waals surface area contributed by atoms with E-state index in [1.165, 1.54) is 0 Å². The van der Waals surface area contributed by atoms with Crippen LogP contribution >= 0.6 is 0 Å². The van der Waals surface area contributed by atoms with Crippen LogP contribution in [-0.2, 0) is 56.8 Å². The highest BCUT2D eigenvalue weighted by Gasteiger charge is 2.57. The fourth-order valence-electron chi connectivity index (χ4n) is 9.57. The smallest absolute Gasteiger partial charge is 0.187 e. The number of ether oxygens (including phenoxy) is 12. The van der Waals surface area contributed by atoms with E-state index in [-0.39, 0.29) is 6.42 Å². The Labute approximate surface area is 435 Å². The molecule has 0 spiro atoms. The van der Waals surface area contributed by atoms with Crippen molar-refractivity contribution in [2.45, 2.75) is 209 Å². The third-order valence-electron chi connectivity index (χ3n) is 14.0. The summed E-state index contributed by atoms with van der Waals surface area (Å²) in [6.45, 7) is -7.80. The second-order valence-electron chi connectivity index (χ2n) is 19.2. The summed E-state index contributed by atoms with van der Waals surface area (Å²) in [5.74, 6) is 0. The predicted molar refractivity (Wildman–Crippen MR) is 233 cm³/mol. The molecule has 6 aliphatic heterocycles. The molecular weight excluding hydrogens is 1060 g/mol. The molecule has 6 heterocycles. The van der Waals surface area contributed by atoms with E-state index in [1.54, 1.807) is 0 Å². The van der Waals surface area contributed by atoms with Crippen LogP contribution in [0.15, 0.2) is 0 Å². The fourth-order valence-corrected chi connectivity index (χ4v) is 9.57. The summed E-state index contributed by atoms with van der Waals surface area (Å²) >= 11 is 0. The molecule has 6 fully saturated rings. The van der Waals surface area contributed by atoms with Crippen molar-refractivity contribution in [3.63, 3.8) is 0 Å². The zero-order valence-electron chi connectivity index (χ0n) is 40.6. The number of aliphatic hydroxyl groups is 23. The Morgan fingerprint density at radius 1 is 0.325 bits per heavy atom. The Balaban J connectivity index is 1.06. The van der Waals surface area contributed by atoms with Crippen LogP contribution in [0.5, 0.6) is 0 Å². The van der Waals surface area contributed by atoms with E-state index in [2.05, 4.69) is 0 Å². The van der Waals surface area contributed by atoms with Gasteiger partial charge in [0.15, 0.2) is 37.7 Å². The number of rotatable bonds is 23. The standard InChI is InChI=1S/C42H74O35/c43-2-10-1-11(51)20(55)37(66-10)73-32-14(5-46)68-39(27(62)22(32)57)75-34-16(7-48)70-41(29(64)24(34)59)77-36-18(9-50)71-42(30(65)25(36)60)76-35-17(8-49)69-40(28(63)23(35)58)74-33-15(6-47)67-38(26(61)21(33)56)72-31(13(53)4-45)19(54)12(52)3-44/h10-65H,1-9H2/t10-,11-,12-,13+,14+,15+,16+,17+,18+,19+,20+,21+,22+,23+,24+,25+,26+,27+,28+,29+,30+,31+,32+,33+,34+,35+,36+,37+,38+,39+,40+,41+,42+/m0/s1. The van der Waals surface area contributed by atoms with Crippen LogP contribution in [0.4, 0.5) is 0 Å². The normalized spacial score (nSPS) is 48.7. The van der Waals surface area contributed by atoms with Crippen LogP contribution in [-0.4, -0.2) is 373 Å². The summed E-state index contributed by atoms with van der Waals surface area (Å²) in [7, 11) is 0. The van der Waals surface area contributed by atoms with Gasteiger partial charge in [-0.15, -0.1) is 0 Å². The average molecular weight is 1140 g/mol. The molecule has 35 heteroatoms. The second-order valence-corrected chi connectivity index (χ2v) is 19.2. The number of aliphatic hydroxyl groups excluding tert-OH is 23. The van der Waals surface area contributed by atoms with Gasteiger partial charge >= 0.3 is 0 Å². The van der Waals surface area contributed by atoms with Crippen LogP contribution < -0.4 is 0 Å². The summed E-state index contributed by atoms with van der Waals surface area (Å²) in [6.07, 6.45) is -63.3. The van der Waals surface area contributed by atoms with E-state index in [9.17, 15) is 117 Å². The van der Waals surface area contributed by atoms with Gasteiger partial charge in [0.05, 0.1) is 65.1 Å². The zero-order chi connectivity index (χ0) is 56.9. The monoisotopic (exact) mass is 1140 g/mol. The lowest BCUT2D eigenvalue weighted by Crippen LogP contribution is -2.68. The highest BCUT2D eigenvalue weighted by molar-refractivity contribution is 5.00. The Morgan fingerprint density at radius 3 is 0.870 bits per heavy atom. The van der Waals surface area contributed by atoms with Gasteiger partial charge in [0.1, 0.15) is 153 Å². The molecule has 23 N–H and O–H groups in total. The van der Waals surface area contributed by atoms with Crippen molar-refractivity contribution in [2.75, 3.05) is 52.9 Å². The molecule has 33 atom stereocenters. The van der Waals surface area contributed by atoms with Crippen molar-refractivity contribution >= 4 is 0 Å². The molecule has 0 amide bonds. The van der Waals surface area contributed by atoms with Gasteiger partial charge in [-0.2, -0.15) is 0 Å². The number of hydrogen-bond donors (Lipinski definition) is 23. The van der Waals surface area contributed by atoms with Gasteiger partial charge in [-0.1, -0.05) is 0 Å². The highest BCUT2D eigenvalue weighted by atomic mass is 16.8. The highest BCUT2D eigenvalue weighted by Crippen LogP contribution is 2.37. The SMILES string of the molecule is OC[C@@H]1C[C@H](O)[C@@H](O)[C@@H](O[C@H]2[C@H](O)[C@@H](O)[C@@H](O[C@H]3[C@H](O)[C@@H](O)[C@@H](O[C@H]4[C@H](O)[C@@H](O)[C@@H](O[C@H]5[C@H](O)[C@@H](O)[C@@H](O[C@H]6[C@H](O)[C@@H](O)[C@@H](O[C@@H]([C@H](O)[C@@H](O)CO)[C@H](O)CO)O[C@@H]6CO)O[C@@H]5CO)O[C@@H]4CO)O[C@@H]3CO)O[C@@H]2CO)O1. The van der Waals surface area contributed by atoms with E-state index in [0.29, 0.717) is 0 Å². The van der Waals surface area contributed by atoms with Gasteiger partial charge in [0.2, 0.25) is 0 Å². The second kappa shape index (κ2) is 28.7. The Hall–Kier alpha value is -1.40. The molecule has 0 bridgehead atoms. The number of hydrogen-bond acceptors (Lipinski definition) is 35. The zero-order valence-corrected chi connectivity index (χ0v) is 40.6. The van der Waals surface area contributed by atoms with Gasteiger partial charge in [0.25, 0.3) is 0 Å². The first-order chi connectivity index (χ1) is 36.5. The molecule has 35 nitrogen and oxygen atoms in total. The molecule has 6 rings (SSSR count). The molecule has 0 saturated carbocycles. The quantitative estimate of drug-likeness (QED) is 0.0452. The summed E-state index contributed by atoms with van der Waals surface area (Å²) < 4.78 is 66.9. The van der Waals surface area contributed by atoms with E-state index in [4.69, 9.17) is 56.8 Å². The molecule has 77 heavy (non-hydrogen) atoms. The molecule has 0 aromatic carbocycles. The van der Waals surface area contributed by atoms with Crippen LogP contribution in [0.25, 0.3) is 0 Å². The van der Waals surface area contributed by atoms with Crippen molar-refractivity contribution in [1.82, 2.24) is 0 Å². The molecule has 0 radical (unpaired) electrons. The van der Waals surface area contributed by atoms with Crippen LogP contribution in [0.2, 0.25) is 0 Å². The summed E-state index contributed by atoms with van der Waals surface area (Å²) in [5, 5.41) is 242. The van der Waals surface area contributed by atoms with Crippen LogP contribution in [0.3, 0.4) is 0 Å². The summed E-state index contributed by atoms with van der Waals surface area (Å²) in [5.41, 5.74) is 0. The van der Waals surface area contributed by atoms with Gasteiger partial charge in [-0.05, 0) is 0 Å². The van der Waals surface area contributed by atoms with Crippen molar-refractivity contribution < 1.29 is 174 Å². The molecule has 0 aromatic rings. The third kappa shape index (κ3) is 14.2. The molecule has 0 aliphatic carbocycles. The molecule has 452 valence electrons. The van der Waals surface area contributed by atoms with Crippen LogP contribution in [0.1, 0.15) is 6.42 Å². The van der Waals surface area contributed by atoms with Crippen molar-refractivity contribution in [3.8, 4) is 0 Å². The fraction of sp³-hybridized carbons (Fsp3) is 1.00. The van der Waals surface area contributed by atoms with Crippen molar-refractivity contribution in [2.24, 2.45) is 0 Å². The lowest BCUT2D eigenvalue weighted by Gasteiger charge is -2.50. The molecule has 6 aliphatic rings. The first kappa shape index (κ1) is 64.8. The van der Waals surface area contributed by atoms with E-state index in [1.807, 2.05) is 0 Å². The van der Waals surface area contributed by atoms with Crippen molar-refractivity contribution in [1.29, 1.82) is 0 Å². The minimum absolute atomic E-state index is 0.173. The van der Waals surface area contributed by atoms with Gasteiger partial charge < -0.3 is 174 Å². The molecular formula is C42H74O35. The van der Waals surface area contributed by atoms with Gasteiger partial charge in [-0.25, -0.2) is 0 Å². The molecule has 0 aromatic heterocycles. The minimum atomic E-state index is -2.23. The first-order valence-electron chi connectivity index (χ1n) is 24.5. The maximum absolute atomic E-state index is 11.3. The Kier molecular flexibility index (Phi) is 24.2. The lowest BCUT2D eigenvalue weighted by molar-refractivity contribution is -0.396. The average Bonchev–Trinajstić information content (AvgIpc) is 3.44. The summed E-state index contributed by atoms with van der Waals surface area (Å²) in [6, 6.07) is 0. The Bertz CT molecular complexity index is 1720. The van der Waals surface area contributed by atoms with E-state index >= 15 is 0 Å².